The normalized spacial score (nSPS) is 10.1. The van der Waals surface area contributed by atoms with Crippen LogP contribution in [0.25, 0.3) is 0 Å². The van der Waals surface area contributed by atoms with Gasteiger partial charge in [0.1, 0.15) is 0 Å². The second kappa shape index (κ2) is 17.8. The molecule has 25 heavy (non-hydrogen) atoms. The van der Waals surface area contributed by atoms with Gasteiger partial charge in [0.2, 0.25) is 0 Å². The van der Waals surface area contributed by atoms with Crippen LogP contribution >= 0.6 is 36.1 Å². The molecule has 2 rings (SSSR count). The Kier molecular flexibility index (Phi) is 18.1. The van der Waals surface area contributed by atoms with Gasteiger partial charge >= 0.3 is 33.2 Å². The van der Waals surface area contributed by atoms with Crippen LogP contribution in [0.3, 0.4) is 0 Å². The van der Waals surface area contributed by atoms with Crippen LogP contribution in [0.5, 0.6) is 0 Å². The molecular weight excluding hydrogens is 432 g/mol. The SMILES string of the molecule is CCP(CC)c1ccccc1.CCP(CC)c1ccccc1.[Cl][Co][Cl]. The fraction of sp³-hybridized carbons (Fsp3) is 0.400. The predicted molar refractivity (Wildman–Crippen MR) is 120 cm³/mol. The van der Waals surface area contributed by atoms with Gasteiger partial charge < -0.3 is 0 Å². The van der Waals surface area contributed by atoms with E-state index in [0.717, 1.165) is 0 Å². The van der Waals surface area contributed by atoms with Crippen molar-refractivity contribution in [3.63, 3.8) is 0 Å². The van der Waals surface area contributed by atoms with Crippen LogP contribution in [0, 0.1) is 0 Å². The Hall–Kier alpha value is 0.386. The molecule has 0 nitrogen and oxygen atoms in total. The monoisotopic (exact) mass is 461 g/mol. The molecule has 0 aliphatic carbocycles. The molecule has 0 N–H and O–H groups in total. The fourth-order valence-electron chi connectivity index (χ4n) is 2.46. The summed E-state index contributed by atoms with van der Waals surface area (Å²) in [7, 11) is 9.76. The van der Waals surface area contributed by atoms with Crippen molar-refractivity contribution >= 4 is 46.7 Å². The van der Waals surface area contributed by atoms with E-state index < -0.39 is 0 Å². The van der Waals surface area contributed by atoms with Crippen LogP contribution in [0.1, 0.15) is 27.7 Å². The number of hydrogen-bond acceptors (Lipinski definition) is 0. The Bertz CT molecular complexity index is 456. The molecule has 2 aromatic rings. The Morgan fingerprint density at radius 1 is 0.600 bits per heavy atom. The third-order valence-corrected chi connectivity index (χ3v) is 8.88. The molecular formula is C20H30Cl2CoP2. The Morgan fingerprint density at radius 2 is 0.840 bits per heavy atom. The van der Waals surface area contributed by atoms with Gasteiger partial charge in [0.15, 0.2) is 0 Å². The van der Waals surface area contributed by atoms with Crippen LogP contribution in [-0.2, 0) is 12.9 Å². The molecule has 5 heteroatoms. The van der Waals surface area contributed by atoms with Crippen molar-refractivity contribution in [2.24, 2.45) is 0 Å². The third kappa shape index (κ3) is 11.7. The molecule has 0 spiro atoms. The summed E-state index contributed by atoms with van der Waals surface area (Å²) in [5, 5.41) is 3.10. The van der Waals surface area contributed by atoms with Gasteiger partial charge in [-0.05, 0) is 35.3 Å². The standard InChI is InChI=1S/2C10H15P.2ClH.Co/c2*1-3-11(4-2)10-8-6-5-7-9-10;;;/h2*5-9H,3-4H2,1-2H3;2*1H;/q;;;;+2/p-2. The van der Waals surface area contributed by atoms with E-state index >= 15 is 0 Å². The summed E-state index contributed by atoms with van der Waals surface area (Å²) in [5.41, 5.74) is 0. The Morgan fingerprint density at radius 3 is 1.04 bits per heavy atom. The van der Waals surface area contributed by atoms with Crippen LogP contribution in [0.15, 0.2) is 60.7 Å². The summed E-state index contributed by atoms with van der Waals surface area (Å²) >= 11 is 0.382. The minimum atomic E-state index is 0.149. The van der Waals surface area contributed by atoms with Gasteiger partial charge in [-0.25, -0.2) is 0 Å². The molecule has 0 aliphatic rings. The van der Waals surface area contributed by atoms with Crippen LogP contribution < -0.4 is 10.6 Å². The van der Waals surface area contributed by atoms with Crippen molar-refractivity contribution < 1.29 is 12.9 Å². The average Bonchev–Trinajstić information content (AvgIpc) is 2.67. The van der Waals surface area contributed by atoms with E-state index in [1.165, 1.54) is 24.6 Å². The molecule has 0 radical (unpaired) electrons. The topological polar surface area (TPSA) is 0 Å². The van der Waals surface area contributed by atoms with Crippen molar-refractivity contribution in [1.82, 2.24) is 0 Å². The van der Waals surface area contributed by atoms with E-state index in [-0.39, 0.29) is 15.8 Å². The third-order valence-electron chi connectivity index (χ3n) is 3.77. The summed E-state index contributed by atoms with van der Waals surface area (Å²) in [6.07, 6.45) is 5.26. The van der Waals surface area contributed by atoms with E-state index in [1.807, 2.05) is 0 Å². The van der Waals surface area contributed by atoms with Crippen molar-refractivity contribution in [3.8, 4) is 0 Å². The molecule has 143 valence electrons. The number of halogens is 2. The maximum atomic E-state index is 4.73. The zero-order valence-electron chi connectivity index (χ0n) is 15.6. The summed E-state index contributed by atoms with van der Waals surface area (Å²) in [4.78, 5) is 0. The molecule has 0 aromatic heterocycles. The molecule has 0 aliphatic heterocycles. The van der Waals surface area contributed by atoms with Gasteiger partial charge in [-0.15, -0.1) is 0 Å². The first-order chi connectivity index (χ1) is 12.2. The molecule has 0 saturated heterocycles. The van der Waals surface area contributed by atoms with Gasteiger partial charge in [0.05, 0.1) is 0 Å². The molecule has 2 aromatic carbocycles. The molecule has 0 bridgehead atoms. The first kappa shape index (κ1) is 25.4. The van der Waals surface area contributed by atoms with Gasteiger partial charge in [-0.3, -0.25) is 0 Å². The van der Waals surface area contributed by atoms with Crippen molar-refractivity contribution in [2.45, 2.75) is 27.7 Å². The second-order valence-electron chi connectivity index (χ2n) is 5.06. The van der Waals surface area contributed by atoms with Crippen LogP contribution in [0.4, 0.5) is 0 Å². The first-order valence-electron chi connectivity index (χ1n) is 8.61. The fourth-order valence-corrected chi connectivity index (χ4v) is 6.00. The number of rotatable bonds is 6. The Balaban J connectivity index is 0.000000399. The van der Waals surface area contributed by atoms with E-state index in [9.17, 15) is 0 Å². The average molecular weight is 462 g/mol. The molecule has 0 heterocycles. The van der Waals surface area contributed by atoms with Gasteiger partial charge in [0.25, 0.3) is 0 Å². The van der Waals surface area contributed by atoms with Crippen molar-refractivity contribution in [1.29, 1.82) is 0 Å². The number of hydrogen-bond donors (Lipinski definition) is 0. The van der Waals surface area contributed by atoms with E-state index in [2.05, 4.69) is 88.4 Å². The molecule has 0 fully saturated rings. The van der Waals surface area contributed by atoms with E-state index in [0.29, 0.717) is 12.9 Å². The van der Waals surface area contributed by atoms with Crippen LogP contribution in [-0.4, -0.2) is 24.6 Å². The molecule has 0 unspecified atom stereocenters. The molecule has 0 saturated carbocycles. The summed E-state index contributed by atoms with van der Waals surface area (Å²) < 4.78 is 0. The quantitative estimate of drug-likeness (QED) is 0.404. The summed E-state index contributed by atoms with van der Waals surface area (Å²) in [5.74, 6) is 0. The Labute approximate surface area is 172 Å². The van der Waals surface area contributed by atoms with Crippen LogP contribution in [0.2, 0.25) is 0 Å². The van der Waals surface area contributed by atoms with E-state index in [1.54, 1.807) is 10.6 Å². The predicted octanol–water partition coefficient (Wildman–Crippen LogP) is 7.04. The minimum absolute atomic E-state index is 0.149. The van der Waals surface area contributed by atoms with Gasteiger partial charge in [0, 0.05) is 0 Å². The maximum absolute atomic E-state index is 4.73. The number of benzene rings is 2. The summed E-state index contributed by atoms with van der Waals surface area (Å²) in [6, 6.07) is 21.7. The van der Waals surface area contributed by atoms with Crippen molar-refractivity contribution in [2.75, 3.05) is 24.6 Å². The summed E-state index contributed by atoms with van der Waals surface area (Å²) in [6.45, 7) is 9.12. The first-order valence-corrected chi connectivity index (χ1v) is 14.9. The van der Waals surface area contributed by atoms with Gasteiger partial charge in [-0.1, -0.05) is 104 Å². The van der Waals surface area contributed by atoms with Gasteiger partial charge in [-0.2, -0.15) is 0 Å². The zero-order valence-corrected chi connectivity index (χ0v) is 19.9. The zero-order chi connectivity index (χ0) is 18.9. The second-order valence-corrected chi connectivity index (χ2v) is 12.5. The van der Waals surface area contributed by atoms with E-state index in [4.69, 9.17) is 20.3 Å². The van der Waals surface area contributed by atoms with Crippen molar-refractivity contribution in [3.05, 3.63) is 60.7 Å². The molecule has 0 atom stereocenters. The molecule has 0 amide bonds.